The van der Waals surface area contributed by atoms with Crippen LogP contribution in [0.25, 0.3) is 0 Å². The summed E-state index contributed by atoms with van der Waals surface area (Å²) in [5, 5.41) is 0. The van der Waals surface area contributed by atoms with Gasteiger partial charge in [-0.05, 0) is 24.2 Å². The van der Waals surface area contributed by atoms with Crippen molar-refractivity contribution in [2.45, 2.75) is 66.7 Å². The van der Waals surface area contributed by atoms with Crippen molar-refractivity contribution in [2.75, 3.05) is 0 Å². The molecule has 0 bridgehead atoms. The molecule has 0 aromatic carbocycles. The standard InChI is InChI=1S/C13H28/c1-6-12(5)8-9-13(7-2)10-11(3)4/h11-13H,6-10H2,1-5H3. The highest BCUT2D eigenvalue weighted by Gasteiger charge is 2.09. The van der Waals surface area contributed by atoms with Gasteiger partial charge in [0.1, 0.15) is 0 Å². The van der Waals surface area contributed by atoms with Crippen molar-refractivity contribution in [3.8, 4) is 0 Å². The molecule has 0 saturated carbocycles. The lowest BCUT2D eigenvalue weighted by Crippen LogP contribution is -2.05. The van der Waals surface area contributed by atoms with Crippen molar-refractivity contribution in [3.05, 3.63) is 0 Å². The average molecular weight is 184 g/mol. The van der Waals surface area contributed by atoms with Crippen molar-refractivity contribution in [1.82, 2.24) is 0 Å². The highest BCUT2D eigenvalue weighted by atomic mass is 14.2. The molecule has 0 amide bonds. The minimum atomic E-state index is 0.877. The fraction of sp³-hybridized carbons (Fsp3) is 1.00. The lowest BCUT2D eigenvalue weighted by molar-refractivity contribution is 0.339. The Bertz CT molecular complexity index is 105. The molecule has 0 N–H and O–H groups in total. The second-order valence-electron chi connectivity index (χ2n) is 4.99. The van der Waals surface area contributed by atoms with E-state index in [1.54, 1.807) is 0 Å². The van der Waals surface area contributed by atoms with E-state index in [4.69, 9.17) is 0 Å². The Balaban J connectivity index is 3.59. The molecule has 0 fully saturated rings. The van der Waals surface area contributed by atoms with Gasteiger partial charge in [-0.2, -0.15) is 0 Å². The molecule has 0 aromatic rings. The van der Waals surface area contributed by atoms with Crippen molar-refractivity contribution >= 4 is 0 Å². The summed E-state index contributed by atoms with van der Waals surface area (Å²) in [5.74, 6) is 2.79. The molecule has 0 saturated heterocycles. The van der Waals surface area contributed by atoms with Crippen LogP contribution in [-0.4, -0.2) is 0 Å². The molecule has 0 heteroatoms. The van der Waals surface area contributed by atoms with Crippen molar-refractivity contribution < 1.29 is 0 Å². The summed E-state index contributed by atoms with van der Waals surface area (Å²) in [5.41, 5.74) is 0. The summed E-state index contributed by atoms with van der Waals surface area (Å²) in [6, 6.07) is 0. The summed E-state index contributed by atoms with van der Waals surface area (Å²) >= 11 is 0. The Morgan fingerprint density at radius 1 is 0.846 bits per heavy atom. The maximum Gasteiger partial charge on any atom is -0.0414 e. The van der Waals surface area contributed by atoms with Gasteiger partial charge in [-0.1, -0.05) is 60.3 Å². The molecule has 0 aliphatic heterocycles. The number of rotatable bonds is 7. The SMILES string of the molecule is CCC(C)CCC(CC)CC(C)C. The van der Waals surface area contributed by atoms with E-state index in [-0.39, 0.29) is 0 Å². The maximum atomic E-state index is 2.38. The van der Waals surface area contributed by atoms with Gasteiger partial charge in [0, 0.05) is 0 Å². The fourth-order valence-corrected chi connectivity index (χ4v) is 1.88. The zero-order chi connectivity index (χ0) is 10.3. The molecule has 80 valence electrons. The van der Waals surface area contributed by atoms with Crippen molar-refractivity contribution in [3.63, 3.8) is 0 Å². The molecule has 0 nitrogen and oxygen atoms in total. The third kappa shape index (κ3) is 7.10. The van der Waals surface area contributed by atoms with E-state index in [0.29, 0.717) is 0 Å². The van der Waals surface area contributed by atoms with Gasteiger partial charge in [-0.25, -0.2) is 0 Å². The van der Waals surface area contributed by atoms with Gasteiger partial charge in [0.2, 0.25) is 0 Å². The monoisotopic (exact) mass is 184 g/mol. The molecule has 2 unspecified atom stereocenters. The van der Waals surface area contributed by atoms with Crippen LogP contribution in [0.1, 0.15) is 66.7 Å². The first kappa shape index (κ1) is 13.0. The van der Waals surface area contributed by atoms with Gasteiger partial charge in [0.15, 0.2) is 0 Å². The van der Waals surface area contributed by atoms with Gasteiger partial charge in [-0.15, -0.1) is 0 Å². The van der Waals surface area contributed by atoms with Crippen LogP contribution in [0.4, 0.5) is 0 Å². The van der Waals surface area contributed by atoms with Crippen LogP contribution < -0.4 is 0 Å². The molecule has 13 heavy (non-hydrogen) atoms. The third-order valence-corrected chi connectivity index (χ3v) is 3.15. The molecular weight excluding hydrogens is 156 g/mol. The largest absolute Gasteiger partial charge is 0.0651 e. The van der Waals surface area contributed by atoms with Gasteiger partial charge in [-0.3, -0.25) is 0 Å². The van der Waals surface area contributed by atoms with E-state index in [0.717, 1.165) is 17.8 Å². The smallest absolute Gasteiger partial charge is 0.0414 e. The van der Waals surface area contributed by atoms with Gasteiger partial charge < -0.3 is 0 Å². The van der Waals surface area contributed by atoms with Gasteiger partial charge in [0.05, 0.1) is 0 Å². The van der Waals surface area contributed by atoms with E-state index in [9.17, 15) is 0 Å². The molecule has 0 heterocycles. The number of hydrogen-bond acceptors (Lipinski definition) is 0. The molecule has 0 aliphatic rings. The van der Waals surface area contributed by atoms with Crippen LogP contribution in [0.15, 0.2) is 0 Å². The summed E-state index contributed by atoms with van der Waals surface area (Å²) in [7, 11) is 0. The first-order valence-electron chi connectivity index (χ1n) is 6.10. The normalized spacial score (nSPS) is 16.2. The minimum Gasteiger partial charge on any atom is -0.0651 e. The lowest BCUT2D eigenvalue weighted by Gasteiger charge is -2.18. The Kier molecular flexibility index (Phi) is 7.41. The average Bonchev–Trinajstić information content (AvgIpc) is 2.10. The summed E-state index contributed by atoms with van der Waals surface area (Å²) < 4.78 is 0. The summed E-state index contributed by atoms with van der Waals surface area (Å²) in [6.07, 6.45) is 7.02. The highest BCUT2D eigenvalue weighted by molar-refractivity contribution is 4.62. The Labute approximate surface area is 85.1 Å². The Hall–Kier alpha value is 0. The predicted octanol–water partition coefficient (Wildman–Crippen LogP) is 4.89. The second-order valence-corrected chi connectivity index (χ2v) is 4.99. The van der Waals surface area contributed by atoms with Crippen LogP contribution in [0.3, 0.4) is 0 Å². The lowest BCUT2D eigenvalue weighted by atomic mass is 9.88. The predicted molar refractivity (Wildman–Crippen MR) is 61.9 cm³/mol. The van der Waals surface area contributed by atoms with E-state index >= 15 is 0 Å². The van der Waals surface area contributed by atoms with Crippen LogP contribution in [-0.2, 0) is 0 Å². The van der Waals surface area contributed by atoms with E-state index < -0.39 is 0 Å². The van der Waals surface area contributed by atoms with Crippen molar-refractivity contribution in [2.24, 2.45) is 17.8 Å². The molecule has 2 atom stereocenters. The van der Waals surface area contributed by atoms with E-state index in [1.165, 1.54) is 32.1 Å². The van der Waals surface area contributed by atoms with Crippen LogP contribution in [0.2, 0.25) is 0 Å². The molecule has 0 rings (SSSR count). The van der Waals surface area contributed by atoms with E-state index in [2.05, 4.69) is 34.6 Å². The van der Waals surface area contributed by atoms with E-state index in [1.807, 2.05) is 0 Å². The Morgan fingerprint density at radius 2 is 1.46 bits per heavy atom. The second kappa shape index (κ2) is 7.41. The van der Waals surface area contributed by atoms with Crippen LogP contribution in [0, 0.1) is 17.8 Å². The topological polar surface area (TPSA) is 0 Å². The zero-order valence-electron chi connectivity index (χ0n) is 10.3. The fourth-order valence-electron chi connectivity index (χ4n) is 1.88. The first-order chi connectivity index (χ1) is 6.10. The van der Waals surface area contributed by atoms with Crippen LogP contribution in [0.5, 0.6) is 0 Å². The number of hydrogen-bond donors (Lipinski definition) is 0. The molecule has 0 spiro atoms. The molecular formula is C13H28. The van der Waals surface area contributed by atoms with Gasteiger partial charge in [0.25, 0.3) is 0 Å². The highest BCUT2D eigenvalue weighted by Crippen LogP contribution is 2.23. The molecule has 0 aliphatic carbocycles. The van der Waals surface area contributed by atoms with Gasteiger partial charge >= 0.3 is 0 Å². The molecule has 0 aromatic heterocycles. The Morgan fingerprint density at radius 3 is 1.85 bits per heavy atom. The maximum absolute atomic E-state index is 2.38. The van der Waals surface area contributed by atoms with Crippen LogP contribution >= 0.6 is 0 Å². The molecule has 0 radical (unpaired) electrons. The van der Waals surface area contributed by atoms with Crippen molar-refractivity contribution in [1.29, 1.82) is 0 Å². The third-order valence-electron chi connectivity index (χ3n) is 3.15. The zero-order valence-corrected chi connectivity index (χ0v) is 10.3. The quantitative estimate of drug-likeness (QED) is 0.528. The minimum absolute atomic E-state index is 0.877. The summed E-state index contributed by atoms with van der Waals surface area (Å²) in [4.78, 5) is 0. The summed E-state index contributed by atoms with van der Waals surface area (Å²) in [6.45, 7) is 11.7. The first-order valence-corrected chi connectivity index (χ1v) is 6.10.